The number of benzene rings is 2. The molecule has 3 unspecified atom stereocenters. The van der Waals surface area contributed by atoms with Crippen LogP contribution in [-0.4, -0.2) is 28.5 Å². The maximum absolute atomic E-state index is 9.83. The summed E-state index contributed by atoms with van der Waals surface area (Å²) in [6.45, 7) is 0. The lowest BCUT2D eigenvalue weighted by Gasteiger charge is -2.43. The van der Waals surface area contributed by atoms with Gasteiger partial charge in [0, 0.05) is 17.5 Å². The van der Waals surface area contributed by atoms with E-state index in [1.165, 1.54) is 0 Å². The largest absolute Gasteiger partial charge is 0.508 e. The highest BCUT2D eigenvalue weighted by Crippen LogP contribution is 2.45. The highest BCUT2D eigenvalue weighted by Gasteiger charge is 2.44. The van der Waals surface area contributed by atoms with Crippen LogP contribution in [-0.2, 0) is 0 Å². The fourth-order valence-corrected chi connectivity index (χ4v) is 4.08. The van der Waals surface area contributed by atoms with Crippen LogP contribution < -0.4 is 20.1 Å². The fourth-order valence-electron chi connectivity index (χ4n) is 3.43. The topological polar surface area (TPSA) is 62.8 Å². The second-order valence-corrected chi connectivity index (χ2v) is 6.85. The quantitative estimate of drug-likeness (QED) is 0.701. The molecule has 3 N–H and O–H groups in total. The fraction of sp³-hybridized carbons (Fsp3) is 0.222. The first-order chi connectivity index (χ1) is 12.1. The van der Waals surface area contributed by atoms with Crippen LogP contribution in [0.15, 0.2) is 42.5 Å². The van der Waals surface area contributed by atoms with E-state index in [1.54, 1.807) is 19.2 Å². The van der Waals surface area contributed by atoms with Crippen LogP contribution in [0.2, 0.25) is 0 Å². The third-order valence-electron chi connectivity index (χ3n) is 4.56. The van der Waals surface area contributed by atoms with Crippen molar-refractivity contribution in [3.05, 3.63) is 53.6 Å². The molecule has 2 aromatic rings. The van der Waals surface area contributed by atoms with Crippen molar-refractivity contribution in [1.82, 2.24) is 10.6 Å². The number of ether oxygens (including phenoxy) is 2. The van der Waals surface area contributed by atoms with Gasteiger partial charge in [-0.3, -0.25) is 0 Å². The number of thiocarbonyl (C=S) groups is 2. The molecule has 1 saturated heterocycles. The molecule has 2 heterocycles. The first-order valence-electron chi connectivity index (χ1n) is 7.81. The predicted molar refractivity (Wildman–Crippen MR) is 102 cm³/mol. The van der Waals surface area contributed by atoms with E-state index in [-0.39, 0.29) is 23.8 Å². The molecule has 0 bridgehead atoms. The summed E-state index contributed by atoms with van der Waals surface area (Å²) in [6.07, 6.45) is -0.386. The van der Waals surface area contributed by atoms with Crippen molar-refractivity contribution in [2.75, 3.05) is 7.11 Å². The Morgan fingerprint density at radius 1 is 1.12 bits per heavy atom. The molecule has 2 aliphatic heterocycles. The number of phenolic OH excluding ortho intramolecular Hbond substituents is 1. The Balaban J connectivity index is 1.85. The lowest BCUT2D eigenvalue weighted by Crippen LogP contribution is -2.62. The van der Waals surface area contributed by atoms with E-state index in [9.17, 15) is 5.11 Å². The zero-order valence-electron chi connectivity index (χ0n) is 13.4. The zero-order chi connectivity index (χ0) is 17.6. The molecular weight excluding hydrogens is 356 g/mol. The Kier molecular flexibility index (Phi) is 3.97. The van der Waals surface area contributed by atoms with Gasteiger partial charge in [0.2, 0.25) is 0 Å². The van der Waals surface area contributed by atoms with Crippen molar-refractivity contribution in [3.63, 3.8) is 0 Å². The first kappa shape index (κ1) is 16.1. The molecule has 3 atom stereocenters. The van der Waals surface area contributed by atoms with Gasteiger partial charge in [0.25, 0.3) is 0 Å². The molecule has 2 aliphatic rings. The van der Waals surface area contributed by atoms with Gasteiger partial charge in [-0.1, -0.05) is 30.4 Å². The van der Waals surface area contributed by atoms with Crippen LogP contribution in [0.3, 0.4) is 0 Å². The molecule has 0 spiro atoms. The number of fused-ring (bicyclic) bond motifs is 2. The SMILES string of the molecule is COc1ccc(C2c3ccc(O)cc3OC3NC(=S)NC(=S)C32)cc1. The van der Waals surface area contributed by atoms with E-state index in [4.69, 9.17) is 33.9 Å². The van der Waals surface area contributed by atoms with Crippen molar-refractivity contribution in [3.8, 4) is 17.2 Å². The number of aromatic hydroxyl groups is 1. The summed E-state index contributed by atoms with van der Waals surface area (Å²) in [5.41, 5.74) is 2.06. The second kappa shape index (κ2) is 6.16. The Bertz CT molecular complexity index is 854. The monoisotopic (exact) mass is 372 g/mol. The molecule has 2 aromatic carbocycles. The summed E-state index contributed by atoms with van der Waals surface area (Å²) in [7, 11) is 1.64. The van der Waals surface area contributed by atoms with Crippen LogP contribution in [0.4, 0.5) is 0 Å². The Morgan fingerprint density at radius 3 is 2.60 bits per heavy atom. The Labute approximate surface area is 156 Å². The average molecular weight is 372 g/mol. The molecule has 5 nitrogen and oxygen atoms in total. The highest BCUT2D eigenvalue weighted by atomic mass is 32.1. The van der Waals surface area contributed by atoms with E-state index < -0.39 is 0 Å². The normalized spacial score (nSPS) is 24.3. The van der Waals surface area contributed by atoms with Gasteiger partial charge in [-0.2, -0.15) is 0 Å². The Hall–Kier alpha value is -2.38. The van der Waals surface area contributed by atoms with Gasteiger partial charge >= 0.3 is 0 Å². The van der Waals surface area contributed by atoms with E-state index in [0.29, 0.717) is 15.9 Å². The third-order valence-corrected chi connectivity index (χ3v) is 5.15. The standard InChI is InChI=1S/C18H16N2O3S2/c1-22-11-5-2-9(3-6-11)14-12-7-4-10(21)8-13(12)23-16-15(14)17(24)20-18(25)19-16/h2-8,14-16,21H,1H3,(H2,19,20,24,25). The smallest absolute Gasteiger partial charge is 0.181 e. The molecule has 1 fully saturated rings. The molecule has 128 valence electrons. The van der Waals surface area contributed by atoms with Gasteiger partial charge in [-0.25, -0.2) is 0 Å². The Morgan fingerprint density at radius 2 is 1.88 bits per heavy atom. The van der Waals surface area contributed by atoms with Crippen LogP contribution in [0.1, 0.15) is 17.0 Å². The minimum atomic E-state index is -0.386. The van der Waals surface area contributed by atoms with Crippen LogP contribution in [0.25, 0.3) is 0 Å². The number of hydrogen-bond donors (Lipinski definition) is 3. The van der Waals surface area contributed by atoms with Crippen molar-refractivity contribution in [2.45, 2.75) is 12.1 Å². The van der Waals surface area contributed by atoms with Gasteiger partial charge in [-0.15, -0.1) is 0 Å². The number of methoxy groups -OCH3 is 1. The summed E-state index contributed by atoms with van der Waals surface area (Å²) in [5, 5.41) is 16.5. The number of hydrogen-bond acceptors (Lipinski definition) is 5. The highest BCUT2D eigenvalue weighted by molar-refractivity contribution is 7.82. The molecule has 0 radical (unpaired) electrons. The maximum Gasteiger partial charge on any atom is 0.181 e. The number of nitrogens with one attached hydrogen (secondary N) is 2. The van der Waals surface area contributed by atoms with Crippen molar-refractivity contribution in [2.24, 2.45) is 5.92 Å². The summed E-state index contributed by atoms with van der Waals surface area (Å²) < 4.78 is 11.3. The van der Waals surface area contributed by atoms with Crippen molar-refractivity contribution >= 4 is 34.5 Å². The lowest BCUT2D eigenvalue weighted by atomic mass is 9.77. The van der Waals surface area contributed by atoms with Crippen LogP contribution in [0.5, 0.6) is 17.2 Å². The minimum Gasteiger partial charge on any atom is -0.508 e. The van der Waals surface area contributed by atoms with E-state index in [2.05, 4.69) is 10.6 Å². The number of phenols is 1. The zero-order valence-corrected chi connectivity index (χ0v) is 15.0. The molecule has 7 heteroatoms. The molecule has 25 heavy (non-hydrogen) atoms. The third kappa shape index (κ3) is 2.79. The van der Waals surface area contributed by atoms with E-state index >= 15 is 0 Å². The molecule has 0 aromatic heterocycles. The lowest BCUT2D eigenvalue weighted by molar-refractivity contribution is 0.116. The summed E-state index contributed by atoms with van der Waals surface area (Å²) in [5.74, 6) is 1.43. The first-order valence-corrected chi connectivity index (χ1v) is 8.63. The summed E-state index contributed by atoms with van der Waals surface area (Å²) >= 11 is 10.8. The van der Waals surface area contributed by atoms with Crippen molar-refractivity contribution < 1.29 is 14.6 Å². The number of rotatable bonds is 2. The molecular formula is C18H16N2O3S2. The molecule has 0 saturated carbocycles. The summed E-state index contributed by atoms with van der Waals surface area (Å²) in [4.78, 5) is 0.647. The van der Waals surface area contributed by atoms with Gasteiger partial charge in [-0.05, 0) is 36.0 Å². The summed E-state index contributed by atoms with van der Waals surface area (Å²) in [6, 6.07) is 13.1. The second-order valence-electron chi connectivity index (χ2n) is 6.00. The van der Waals surface area contributed by atoms with Gasteiger partial charge in [0.1, 0.15) is 17.2 Å². The van der Waals surface area contributed by atoms with Crippen molar-refractivity contribution in [1.29, 1.82) is 0 Å². The minimum absolute atomic E-state index is 0.0316. The van der Waals surface area contributed by atoms with Gasteiger partial charge in [0.15, 0.2) is 11.3 Å². The molecule has 0 amide bonds. The van der Waals surface area contributed by atoms with Gasteiger partial charge in [0.05, 0.1) is 18.0 Å². The van der Waals surface area contributed by atoms with E-state index in [0.717, 1.165) is 16.9 Å². The predicted octanol–water partition coefficient (Wildman–Crippen LogP) is 2.67. The van der Waals surface area contributed by atoms with Crippen LogP contribution >= 0.6 is 24.4 Å². The van der Waals surface area contributed by atoms with E-state index in [1.807, 2.05) is 30.3 Å². The molecule has 4 rings (SSSR count). The van der Waals surface area contributed by atoms with Gasteiger partial charge < -0.3 is 25.2 Å². The maximum atomic E-state index is 9.83. The van der Waals surface area contributed by atoms with Crippen LogP contribution in [0, 0.1) is 5.92 Å². The molecule has 0 aliphatic carbocycles. The average Bonchev–Trinajstić information content (AvgIpc) is 2.59.